The van der Waals surface area contributed by atoms with Crippen LogP contribution in [-0.2, 0) is 6.54 Å². The van der Waals surface area contributed by atoms with Crippen molar-refractivity contribution in [3.05, 3.63) is 76.8 Å². The molecule has 1 aromatic carbocycles. The van der Waals surface area contributed by atoms with Crippen LogP contribution < -0.4 is 10.5 Å². The van der Waals surface area contributed by atoms with Crippen molar-refractivity contribution in [2.24, 2.45) is 0 Å². The van der Waals surface area contributed by atoms with E-state index < -0.39 is 6.10 Å². The summed E-state index contributed by atoms with van der Waals surface area (Å²) in [6.45, 7) is 3.04. The maximum atomic E-state index is 13.1. The van der Waals surface area contributed by atoms with Gasteiger partial charge in [-0.25, -0.2) is 4.98 Å². The lowest BCUT2D eigenvalue weighted by molar-refractivity contribution is 0.125. The fourth-order valence-corrected chi connectivity index (χ4v) is 5.03. The first kappa shape index (κ1) is 20.8. The molecule has 0 radical (unpaired) electrons. The summed E-state index contributed by atoms with van der Waals surface area (Å²) in [6, 6.07) is 15.1. The summed E-state index contributed by atoms with van der Waals surface area (Å²) in [4.78, 5) is 26.7. The second-order valence-electron chi connectivity index (χ2n) is 8.98. The lowest BCUT2D eigenvalue weighted by Crippen LogP contribution is -2.60. The van der Waals surface area contributed by atoms with Crippen molar-refractivity contribution in [1.82, 2.24) is 19.4 Å². The van der Waals surface area contributed by atoms with Crippen molar-refractivity contribution in [3.63, 3.8) is 0 Å². The molecule has 1 N–H and O–H groups in total. The van der Waals surface area contributed by atoms with Gasteiger partial charge in [0.05, 0.1) is 18.3 Å². The normalized spacial score (nSPS) is 19.0. The molecule has 5 rings (SSSR count). The zero-order chi connectivity index (χ0) is 22.1. The average molecular weight is 432 g/mol. The molecule has 0 aliphatic carbocycles. The molecule has 0 saturated carbocycles. The number of rotatable bonds is 4. The number of pyridine rings is 1. The lowest BCUT2D eigenvalue weighted by Gasteiger charge is -2.52. The Morgan fingerprint density at radius 2 is 1.72 bits per heavy atom. The quantitative estimate of drug-likeness (QED) is 0.685. The van der Waals surface area contributed by atoms with E-state index in [1.165, 1.54) is 0 Å². The van der Waals surface area contributed by atoms with Crippen LogP contribution in [0.25, 0.3) is 11.3 Å². The van der Waals surface area contributed by atoms with Crippen molar-refractivity contribution >= 4 is 5.95 Å². The molecular formula is C25H29N5O2. The Hall–Kier alpha value is -3.03. The standard InChI is InChI=1S/C25H29N5O2/c1-28-14-9-25(10-15-28)11-16-29-23(32)17-21(19-7-12-26-13-8-19)27-24(29)30(25)18-22(31)20-5-3-2-4-6-20/h2-8,12-13,17,22,31H,9-11,14-16,18H2,1H3/t22-/m1/s1. The molecule has 3 aromatic rings. The van der Waals surface area contributed by atoms with Gasteiger partial charge < -0.3 is 14.9 Å². The minimum Gasteiger partial charge on any atom is -0.387 e. The number of likely N-dealkylation sites (tertiary alicyclic amines) is 1. The predicted octanol–water partition coefficient (Wildman–Crippen LogP) is 2.71. The van der Waals surface area contributed by atoms with Crippen LogP contribution in [0.5, 0.6) is 0 Å². The number of fused-ring (bicyclic) bond motifs is 1. The highest BCUT2D eigenvalue weighted by atomic mass is 16.3. The topological polar surface area (TPSA) is 74.5 Å². The smallest absolute Gasteiger partial charge is 0.255 e. The van der Waals surface area contributed by atoms with Crippen LogP contribution in [0.4, 0.5) is 5.95 Å². The molecule has 7 heteroatoms. The Balaban J connectivity index is 1.59. The van der Waals surface area contributed by atoms with Gasteiger partial charge >= 0.3 is 0 Å². The molecule has 1 atom stereocenters. The van der Waals surface area contributed by atoms with Crippen LogP contribution in [0.2, 0.25) is 0 Å². The minimum atomic E-state index is -0.666. The van der Waals surface area contributed by atoms with Crippen LogP contribution in [0, 0.1) is 0 Å². The summed E-state index contributed by atoms with van der Waals surface area (Å²) in [5, 5.41) is 11.1. The first-order valence-electron chi connectivity index (χ1n) is 11.3. The van der Waals surface area contributed by atoms with Crippen LogP contribution in [-0.4, -0.2) is 56.8 Å². The molecule has 2 aliphatic rings. The van der Waals surface area contributed by atoms with Crippen molar-refractivity contribution in [3.8, 4) is 11.3 Å². The van der Waals surface area contributed by atoms with Gasteiger partial charge in [-0.1, -0.05) is 30.3 Å². The number of anilines is 1. The molecule has 2 aromatic heterocycles. The molecule has 1 fully saturated rings. The number of hydrogen-bond donors (Lipinski definition) is 1. The molecule has 0 unspecified atom stereocenters. The SMILES string of the molecule is CN1CCC2(CC1)CCn1c(nc(-c3ccncc3)cc1=O)N2C[C@@H](O)c1ccccc1. The van der Waals surface area contributed by atoms with Gasteiger partial charge in [-0.15, -0.1) is 0 Å². The Bertz CT molecular complexity index is 1120. The number of piperidine rings is 1. The van der Waals surface area contributed by atoms with Gasteiger partial charge in [0.25, 0.3) is 5.56 Å². The highest BCUT2D eigenvalue weighted by molar-refractivity contribution is 5.60. The van der Waals surface area contributed by atoms with Gasteiger partial charge in [0.1, 0.15) is 0 Å². The molecule has 1 saturated heterocycles. The highest BCUT2D eigenvalue weighted by Gasteiger charge is 2.44. The summed E-state index contributed by atoms with van der Waals surface area (Å²) >= 11 is 0. The van der Waals surface area contributed by atoms with Gasteiger partial charge in [-0.2, -0.15) is 0 Å². The molecule has 166 valence electrons. The molecule has 0 bridgehead atoms. The zero-order valence-corrected chi connectivity index (χ0v) is 18.4. The zero-order valence-electron chi connectivity index (χ0n) is 18.4. The average Bonchev–Trinajstić information content (AvgIpc) is 2.83. The summed E-state index contributed by atoms with van der Waals surface area (Å²) in [6.07, 6.45) is 5.61. The number of aliphatic hydroxyl groups excluding tert-OH is 1. The monoisotopic (exact) mass is 431 g/mol. The van der Waals surface area contributed by atoms with Crippen molar-refractivity contribution in [2.45, 2.75) is 37.5 Å². The van der Waals surface area contributed by atoms with E-state index in [2.05, 4.69) is 21.8 Å². The van der Waals surface area contributed by atoms with E-state index in [1.807, 2.05) is 42.5 Å². The molecule has 4 heterocycles. The Morgan fingerprint density at radius 3 is 2.44 bits per heavy atom. The number of aromatic nitrogens is 3. The maximum absolute atomic E-state index is 13.1. The second kappa shape index (κ2) is 8.48. The lowest BCUT2D eigenvalue weighted by atomic mass is 9.81. The van der Waals surface area contributed by atoms with Gasteiger partial charge in [-0.05, 0) is 44.0 Å². The van der Waals surface area contributed by atoms with Crippen molar-refractivity contribution in [1.29, 1.82) is 0 Å². The van der Waals surface area contributed by atoms with Crippen molar-refractivity contribution < 1.29 is 5.11 Å². The molecule has 0 amide bonds. The van der Waals surface area contributed by atoms with Gasteiger partial charge in [0.2, 0.25) is 5.95 Å². The Morgan fingerprint density at radius 1 is 1.03 bits per heavy atom. The molecule has 1 spiro atoms. The summed E-state index contributed by atoms with van der Waals surface area (Å²) in [5.41, 5.74) is 2.22. The Kier molecular flexibility index (Phi) is 5.53. The molecule has 7 nitrogen and oxygen atoms in total. The first-order chi connectivity index (χ1) is 15.6. The largest absolute Gasteiger partial charge is 0.387 e. The van der Waals surface area contributed by atoms with E-state index in [-0.39, 0.29) is 11.1 Å². The molecular weight excluding hydrogens is 402 g/mol. The van der Waals surface area contributed by atoms with Crippen LogP contribution >= 0.6 is 0 Å². The summed E-state index contributed by atoms with van der Waals surface area (Å²) in [7, 11) is 2.15. The highest BCUT2D eigenvalue weighted by Crippen LogP contribution is 2.40. The van der Waals surface area contributed by atoms with E-state index in [1.54, 1.807) is 23.0 Å². The van der Waals surface area contributed by atoms with E-state index in [0.29, 0.717) is 24.7 Å². The van der Waals surface area contributed by atoms with E-state index in [4.69, 9.17) is 4.98 Å². The minimum absolute atomic E-state index is 0.0520. The third-order valence-corrected chi connectivity index (χ3v) is 7.04. The summed E-state index contributed by atoms with van der Waals surface area (Å²) in [5.74, 6) is 0.662. The third kappa shape index (κ3) is 3.82. The molecule has 32 heavy (non-hydrogen) atoms. The molecule has 2 aliphatic heterocycles. The van der Waals surface area contributed by atoms with Crippen LogP contribution in [0.15, 0.2) is 65.7 Å². The van der Waals surface area contributed by atoms with Crippen molar-refractivity contribution in [2.75, 3.05) is 31.6 Å². The summed E-state index contributed by atoms with van der Waals surface area (Å²) < 4.78 is 1.77. The van der Waals surface area contributed by atoms with Crippen LogP contribution in [0.3, 0.4) is 0 Å². The fourth-order valence-electron chi connectivity index (χ4n) is 5.03. The van der Waals surface area contributed by atoms with E-state index >= 15 is 0 Å². The predicted molar refractivity (Wildman–Crippen MR) is 125 cm³/mol. The van der Waals surface area contributed by atoms with Gasteiger partial charge in [-0.3, -0.25) is 14.3 Å². The Labute approximate surface area is 188 Å². The number of β-amino-alcohol motifs (C(OH)–C–C–N with tert-alkyl or cyclic N) is 1. The fraction of sp³-hybridized carbons (Fsp3) is 0.400. The van der Waals surface area contributed by atoms with Gasteiger partial charge in [0, 0.05) is 49.2 Å². The third-order valence-electron chi connectivity index (χ3n) is 7.04. The second-order valence-corrected chi connectivity index (χ2v) is 8.98. The van der Waals surface area contributed by atoms with Crippen LogP contribution in [0.1, 0.15) is 30.9 Å². The number of benzene rings is 1. The maximum Gasteiger partial charge on any atom is 0.255 e. The number of aliphatic hydroxyl groups is 1. The number of nitrogens with zero attached hydrogens (tertiary/aromatic N) is 5. The van der Waals surface area contributed by atoms with Gasteiger partial charge in [0.15, 0.2) is 0 Å². The number of hydrogen-bond acceptors (Lipinski definition) is 6. The first-order valence-corrected chi connectivity index (χ1v) is 11.3. The van der Waals surface area contributed by atoms with E-state index in [9.17, 15) is 9.90 Å². The van der Waals surface area contributed by atoms with E-state index in [0.717, 1.165) is 43.5 Å².